The molecule has 2 aliphatic heterocycles. The van der Waals surface area contributed by atoms with Gasteiger partial charge in [-0.15, -0.1) is 0 Å². The van der Waals surface area contributed by atoms with Crippen molar-refractivity contribution in [2.75, 3.05) is 26.0 Å². The molecular weight excluding hydrogens is 575 g/mol. The highest BCUT2D eigenvalue weighted by Crippen LogP contribution is 2.30. The van der Waals surface area contributed by atoms with Crippen LogP contribution in [0.1, 0.15) is 52.6 Å². The molecule has 1 N–H and O–H groups in total. The van der Waals surface area contributed by atoms with Gasteiger partial charge in [-0.3, -0.25) is 4.90 Å². The molecule has 0 bridgehead atoms. The van der Waals surface area contributed by atoms with E-state index in [1.807, 2.05) is 12.1 Å². The van der Waals surface area contributed by atoms with Crippen molar-refractivity contribution >= 4 is 26.8 Å². The van der Waals surface area contributed by atoms with Gasteiger partial charge < -0.3 is 19.1 Å². The fraction of sp³-hybridized carbons (Fsp3) is 0.387. The number of ether oxygens (including phenoxy) is 2. The Morgan fingerprint density at radius 2 is 1.88 bits per heavy atom. The van der Waals surface area contributed by atoms with Crippen LogP contribution in [0.15, 0.2) is 59.5 Å². The van der Waals surface area contributed by atoms with Crippen molar-refractivity contribution in [3.8, 4) is 5.88 Å². The first-order valence-corrected chi connectivity index (χ1v) is 16.2. The predicted molar refractivity (Wildman–Crippen MR) is 156 cm³/mol. The van der Waals surface area contributed by atoms with E-state index in [0.29, 0.717) is 19.0 Å². The van der Waals surface area contributed by atoms with Gasteiger partial charge in [0.15, 0.2) is 9.84 Å². The van der Waals surface area contributed by atoms with Gasteiger partial charge in [-0.25, -0.2) is 27.6 Å². The van der Waals surface area contributed by atoms with E-state index in [4.69, 9.17) is 14.5 Å². The van der Waals surface area contributed by atoms with Crippen LogP contribution in [-0.4, -0.2) is 71.0 Å². The van der Waals surface area contributed by atoms with Gasteiger partial charge in [0.25, 0.3) is 0 Å². The molecule has 12 heteroatoms. The van der Waals surface area contributed by atoms with Crippen molar-refractivity contribution < 1.29 is 32.2 Å². The lowest BCUT2D eigenvalue weighted by Gasteiger charge is -2.32. The Kier molecular flexibility index (Phi) is 8.17. The van der Waals surface area contributed by atoms with Crippen LogP contribution >= 0.6 is 0 Å². The van der Waals surface area contributed by atoms with E-state index in [2.05, 4.69) is 14.5 Å². The number of fused-ring (bicyclic) bond motifs is 1. The summed E-state index contributed by atoms with van der Waals surface area (Å²) in [5, 5.41) is 9.50. The van der Waals surface area contributed by atoms with Crippen molar-refractivity contribution in [1.82, 2.24) is 19.4 Å². The number of sulfone groups is 1. The molecule has 0 saturated carbocycles. The number of halogens is 1. The molecule has 0 spiro atoms. The van der Waals surface area contributed by atoms with Gasteiger partial charge >= 0.3 is 5.97 Å². The largest absolute Gasteiger partial charge is 0.478 e. The van der Waals surface area contributed by atoms with Crippen LogP contribution in [-0.2, 0) is 34.3 Å². The van der Waals surface area contributed by atoms with Crippen molar-refractivity contribution in [3.05, 3.63) is 83.1 Å². The first-order chi connectivity index (χ1) is 20.6. The maximum Gasteiger partial charge on any atom is 0.335 e. The van der Waals surface area contributed by atoms with Crippen LogP contribution in [0, 0.1) is 5.82 Å². The molecule has 6 rings (SSSR count). The van der Waals surface area contributed by atoms with E-state index < -0.39 is 21.6 Å². The van der Waals surface area contributed by atoms with E-state index in [1.165, 1.54) is 12.1 Å². The summed E-state index contributed by atoms with van der Waals surface area (Å²) in [7, 11) is -3.49. The third-order valence-electron chi connectivity index (χ3n) is 8.20. The predicted octanol–water partition coefficient (Wildman–Crippen LogP) is 4.42. The normalized spacial score (nSPS) is 18.0. The zero-order valence-electron chi connectivity index (χ0n) is 23.8. The average Bonchev–Trinajstić information content (AvgIpc) is 3.30. The minimum atomic E-state index is -3.49. The molecule has 226 valence electrons. The van der Waals surface area contributed by atoms with Gasteiger partial charge in [0.1, 0.15) is 18.2 Å². The second-order valence-corrected chi connectivity index (χ2v) is 13.2. The molecule has 4 heterocycles. The quantitative estimate of drug-likeness (QED) is 0.279. The molecular formula is C31H33FN4O6S. The highest BCUT2D eigenvalue weighted by Gasteiger charge is 2.26. The Bertz CT molecular complexity index is 1760. The summed E-state index contributed by atoms with van der Waals surface area (Å²) in [5.41, 5.74) is 3.00. The van der Waals surface area contributed by atoms with E-state index in [1.54, 1.807) is 24.3 Å². The molecule has 2 aliphatic rings. The molecule has 43 heavy (non-hydrogen) atoms. The number of hydrogen-bond acceptors (Lipinski definition) is 8. The number of carboxylic acids is 1. The molecule has 4 aromatic rings. The number of rotatable bonds is 10. The SMILES string of the molecule is CS(=O)(=O)c1ccc(COc2cccc(C3CCN(Cc4nc5ccc(C(=O)O)cc5n4CC4CCO4)CC3)n2)c(F)c1. The van der Waals surface area contributed by atoms with Gasteiger partial charge in [0.05, 0.1) is 40.7 Å². The monoisotopic (exact) mass is 608 g/mol. The van der Waals surface area contributed by atoms with Crippen LogP contribution in [0.2, 0.25) is 0 Å². The number of aromatic nitrogens is 3. The third kappa shape index (κ3) is 6.56. The number of likely N-dealkylation sites (tertiary alicyclic amines) is 1. The van der Waals surface area contributed by atoms with E-state index in [0.717, 1.165) is 73.8 Å². The second kappa shape index (κ2) is 12.0. The van der Waals surface area contributed by atoms with Crippen LogP contribution in [0.5, 0.6) is 5.88 Å². The lowest BCUT2D eigenvalue weighted by molar-refractivity contribution is -0.0592. The minimum Gasteiger partial charge on any atom is -0.478 e. The number of carbonyl (C=O) groups is 1. The highest BCUT2D eigenvalue weighted by atomic mass is 32.2. The van der Waals surface area contributed by atoms with Crippen molar-refractivity contribution in [1.29, 1.82) is 0 Å². The number of hydrogen-bond donors (Lipinski definition) is 1. The summed E-state index contributed by atoms with van der Waals surface area (Å²) in [6, 6.07) is 14.4. The molecule has 2 aromatic carbocycles. The zero-order valence-corrected chi connectivity index (χ0v) is 24.6. The molecule has 0 aliphatic carbocycles. The smallest absolute Gasteiger partial charge is 0.335 e. The lowest BCUT2D eigenvalue weighted by Crippen LogP contribution is -2.35. The maximum atomic E-state index is 14.5. The molecule has 0 radical (unpaired) electrons. The second-order valence-electron chi connectivity index (χ2n) is 11.2. The zero-order chi connectivity index (χ0) is 30.1. The average molecular weight is 609 g/mol. The standard InChI is InChI=1S/C31H33FN4O6S/c1-43(39,40)24-7-5-22(25(32)16-24)19-42-30-4-2-3-26(34-30)20-9-12-35(13-10-20)18-29-33-27-8-6-21(31(37)38)15-28(27)36(29)17-23-11-14-41-23/h2-8,15-16,20,23H,9-14,17-19H2,1H3,(H,37,38). The fourth-order valence-corrected chi connectivity index (χ4v) is 6.25. The van der Waals surface area contributed by atoms with E-state index in [9.17, 15) is 22.7 Å². The molecule has 1 atom stereocenters. The van der Waals surface area contributed by atoms with Gasteiger partial charge in [0, 0.05) is 36.1 Å². The number of aromatic carboxylic acids is 1. The lowest BCUT2D eigenvalue weighted by atomic mass is 9.93. The Balaban J connectivity index is 1.09. The molecule has 2 fully saturated rings. The van der Waals surface area contributed by atoms with Crippen LogP contribution in [0.3, 0.4) is 0 Å². The van der Waals surface area contributed by atoms with Gasteiger partial charge in [-0.2, -0.15) is 0 Å². The van der Waals surface area contributed by atoms with Gasteiger partial charge in [-0.05, 0) is 68.8 Å². The number of imidazole rings is 1. The van der Waals surface area contributed by atoms with Crippen molar-refractivity contribution in [2.24, 2.45) is 0 Å². The summed E-state index contributed by atoms with van der Waals surface area (Å²) >= 11 is 0. The number of pyridine rings is 1. The highest BCUT2D eigenvalue weighted by molar-refractivity contribution is 7.90. The molecule has 2 saturated heterocycles. The molecule has 0 amide bonds. The molecule has 10 nitrogen and oxygen atoms in total. The van der Waals surface area contributed by atoms with Crippen molar-refractivity contribution in [2.45, 2.75) is 55.9 Å². The van der Waals surface area contributed by atoms with Crippen molar-refractivity contribution in [3.63, 3.8) is 0 Å². The summed E-state index contributed by atoms with van der Waals surface area (Å²) in [5.74, 6) is -0.0684. The van der Waals surface area contributed by atoms with Crippen LogP contribution < -0.4 is 4.74 Å². The van der Waals surface area contributed by atoms with E-state index in [-0.39, 0.29) is 34.7 Å². The summed E-state index contributed by atoms with van der Waals surface area (Å²) in [4.78, 5) is 23.4. The summed E-state index contributed by atoms with van der Waals surface area (Å²) in [6.07, 6.45) is 3.92. The number of carboxylic acid groups (broad SMARTS) is 1. The Labute approximate surface area is 249 Å². The first-order valence-electron chi connectivity index (χ1n) is 14.3. The van der Waals surface area contributed by atoms with Crippen LogP contribution in [0.25, 0.3) is 11.0 Å². The number of nitrogens with zero attached hydrogens (tertiary/aromatic N) is 4. The van der Waals surface area contributed by atoms with Gasteiger partial charge in [-0.1, -0.05) is 12.1 Å². The minimum absolute atomic E-state index is 0.0639. The first kappa shape index (κ1) is 29.2. The number of piperidine rings is 1. The maximum absolute atomic E-state index is 14.5. The van der Waals surface area contributed by atoms with Crippen LogP contribution in [0.4, 0.5) is 4.39 Å². The summed E-state index contributed by atoms with van der Waals surface area (Å²) in [6.45, 7) is 3.67. The Hall–Kier alpha value is -3.87. The number of benzene rings is 2. The third-order valence-corrected chi connectivity index (χ3v) is 9.31. The Morgan fingerprint density at radius 3 is 2.56 bits per heavy atom. The summed E-state index contributed by atoms with van der Waals surface area (Å²) < 4.78 is 51.4. The van der Waals surface area contributed by atoms with E-state index >= 15 is 0 Å². The molecule has 1 unspecified atom stereocenters. The molecule has 2 aromatic heterocycles. The van der Waals surface area contributed by atoms with Gasteiger partial charge in [0.2, 0.25) is 5.88 Å². The Morgan fingerprint density at radius 1 is 1.09 bits per heavy atom. The topological polar surface area (TPSA) is 124 Å². The fourth-order valence-electron chi connectivity index (χ4n) is 5.62.